The zero-order valence-electron chi connectivity index (χ0n) is 10.9. The number of rotatable bonds is 3. The topological polar surface area (TPSA) is 50.4 Å². The van der Waals surface area contributed by atoms with Gasteiger partial charge in [-0.1, -0.05) is 12.1 Å². The first-order valence-electron chi connectivity index (χ1n) is 6.12. The van der Waals surface area contributed by atoms with Gasteiger partial charge in [0, 0.05) is 17.8 Å². The van der Waals surface area contributed by atoms with Crippen molar-refractivity contribution in [3.05, 3.63) is 29.8 Å². The number of morpholine rings is 1. The number of hydrogen-bond acceptors (Lipinski definition) is 3. The summed E-state index contributed by atoms with van der Waals surface area (Å²) in [4.78, 5) is 12.0. The zero-order valence-corrected chi connectivity index (χ0v) is 11.8. The monoisotopic (exact) mass is 306 g/mol. The van der Waals surface area contributed by atoms with E-state index < -0.39 is 12.5 Å². The molecule has 0 bridgehead atoms. The largest absolute Gasteiger partial charge is 0.375 e. The average Bonchev–Trinajstić information content (AvgIpc) is 2.39. The third-order valence-electron chi connectivity index (χ3n) is 3.01. The van der Waals surface area contributed by atoms with Crippen LogP contribution in [0.3, 0.4) is 0 Å². The van der Waals surface area contributed by atoms with Crippen LogP contribution in [0.4, 0.5) is 14.5 Å². The highest BCUT2D eigenvalue weighted by Gasteiger charge is 2.28. The highest BCUT2D eigenvalue weighted by Crippen LogP contribution is 2.22. The summed E-state index contributed by atoms with van der Waals surface area (Å²) in [5, 5.41) is 5.66. The number of anilines is 1. The van der Waals surface area contributed by atoms with E-state index in [1.54, 1.807) is 13.0 Å². The van der Waals surface area contributed by atoms with Crippen molar-refractivity contribution in [2.75, 3.05) is 18.5 Å². The van der Waals surface area contributed by atoms with Crippen LogP contribution in [0.1, 0.15) is 18.9 Å². The van der Waals surface area contributed by atoms with Crippen LogP contribution in [0, 0.1) is 0 Å². The van der Waals surface area contributed by atoms with Crippen LogP contribution in [0.25, 0.3) is 0 Å². The van der Waals surface area contributed by atoms with Gasteiger partial charge in [-0.3, -0.25) is 4.79 Å². The number of alkyl halides is 2. The summed E-state index contributed by atoms with van der Waals surface area (Å²) in [7, 11) is 0. The Kier molecular flexibility index (Phi) is 6.32. The van der Waals surface area contributed by atoms with Gasteiger partial charge in [0.15, 0.2) is 0 Å². The quantitative estimate of drug-likeness (QED) is 0.901. The van der Waals surface area contributed by atoms with Crippen LogP contribution < -0.4 is 10.6 Å². The van der Waals surface area contributed by atoms with Gasteiger partial charge in [-0.25, -0.2) is 8.78 Å². The maximum Gasteiger partial charge on any atom is 0.263 e. The van der Waals surface area contributed by atoms with E-state index in [2.05, 4.69) is 10.6 Å². The van der Waals surface area contributed by atoms with Crippen molar-refractivity contribution in [2.45, 2.75) is 25.5 Å². The van der Waals surface area contributed by atoms with Gasteiger partial charge >= 0.3 is 0 Å². The van der Waals surface area contributed by atoms with Crippen molar-refractivity contribution in [3.63, 3.8) is 0 Å². The lowest BCUT2D eigenvalue weighted by molar-refractivity contribution is -0.123. The van der Waals surface area contributed by atoms with Crippen molar-refractivity contribution in [1.29, 1.82) is 0 Å². The molecule has 1 saturated heterocycles. The molecule has 2 N–H and O–H groups in total. The minimum absolute atomic E-state index is 0. The maximum atomic E-state index is 12.6. The molecule has 4 nitrogen and oxygen atoms in total. The number of halogens is 3. The molecule has 1 amide bonds. The molecule has 0 aliphatic carbocycles. The number of hydrogen-bond donors (Lipinski definition) is 2. The van der Waals surface area contributed by atoms with E-state index in [4.69, 9.17) is 4.74 Å². The Morgan fingerprint density at radius 3 is 2.90 bits per heavy atom. The summed E-state index contributed by atoms with van der Waals surface area (Å²) < 4.78 is 30.5. The third kappa shape index (κ3) is 4.13. The molecular formula is C13H17ClF2N2O2. The molecule has 1 aliphatic heterocycles. The fourth-order valence-electron chi connectivity index (χ4n) is 2.00. The van der Waals surface area contributed by atoms with E-state index >= 15 is 0 Å². The molecule has 0 radical (unpaired) electrons. The first-order chi connectivity index (χ1) is 9.08. The van der Waals surface area contributed by atoms with Crippen LogP contribution in [-0.2, 0) is 9.53 Å². The molecule has 2 atom stereocenters. The van der Waals surface area contributed by atoms with Crippen molar-refractivity contribution in [2.24, 2.45) is 0 Å². The molecule has 112 valence electrons. The molecule has 0 spiro atoms. The van der Waals surface area contributed by atoms with E-state index in [-0.39, 0.29) is 30.0 Å². The molecule has 20 heavy (non-hydrogen) atoms. The van der Waals surface area contributed by atoms with E-state index in [0.717, 1.165) is 0 Å². The number of ether oxygens (including phenoxy) is 1. The number of carbonyl (C=O) groups is 1. The Morgan fingerprint density at radius 2 is 2.25 bits per heavy atom. The predicted octanol–water partition coefficient (Wildman–Crippen LogP) is 2.36. The van der Waals surface area contributed by atoms with Gasteiger partial charge in [0.25, 0.3) is 6.43 Å². The van der Waals surface area contributed by atoms with E-state index in [0.29, 0.717) is 18.8 Å². The fourth-order valence-corrected chi connectivity index (χ4v) is 2.00. The van der Waals surface area contributed by atoms with Gasteiger partial charge in [-0.2, -0.15) is 0 Å². The summed E-state index contributed by atoms with van der Waals surface area (Å²) >= 11 is 0. The molecule has 1 aromatic carbocycles. The van der Waals surface area contributed by atoms with Gasteiger partial charge in [0.05, 0.1) is 12.7 Å². The SMILES string of the molecule is C[C@H]1OCCN[C@@H]1C(=O)Nc1cccc(C(F)F)c1.Cl. The lowest BCUT2D eigenvalue weighted by Gasteiger charge is -2.29. The smallest absolute Gasteiger partial charge is 0.263 e. The van der Waals surface area contributed by atoms with E-state index in [1.807, 2.05) is 0 Å². The van der Waals surface area contributed by atoms with Crippen LogP contribution in [-0.4, -0.2) is 31.2 Å². The predicted molar refractivity (Wildman–Crippen MR) is 74.5 cm³/mol. The Bertz CT molecular complexity index is 460. The number of nitrogens with one attached hydrogen (secondary N) is 2. The lowest BCUT2D eigenvalue weighted by Crippen LogP contribution is -2.53. The number of amides is 1. The summed E-state index contributed by atoms with van der Waals surface area (Å²) in [5.74, 6) is -0.279. The maximum absolute atomic E-state index is 12.6. The average molecular weight is 307 g/mol. The zero-order chi connectivity index (χ0) is 13.8. The van der Waals surface area contributed by atoms with Gasteiger partial charge < -0.3 is 15.4 Å². The molecule has 1 aliphatic rings. The van der Waals surface area contributed by atoms with Crippen molar-refractivity contribution in [1.82, 2.24) is 5.32 Å². The van der Waals surface area contributed by atoms with Crippen molar-refractivity contribution >= 4 is 24.0 Å². The molecule has 1 aromatic rings. The molecule has 2 rings (SSSR count). The number of benzene rings is 1. The fraction of sp³-hybridized carbons (Fsp3) is 0.462. The number of carbonyl (C=O) groups excluding carboxylic acids is 1. The third-order valence-corrected chi connectivity index (χ3v) is 3.01. The first-order valence-corrected chi connectivity index (χ1v) is 6.12. The highest BCUT2D eigenvalue weighted by molar-refractivity contribution is 5.95. The second-order valence-electron chi connectivity index (χ2n) is 4.42. The van der Waals surface area contributed by atoms with Gasteiger partial charge in [0.2, 0.25) is 5.91 Å². The highest BCUT2D eigenvalue weighted by atomic mass is 35.5. The molecular weight excluding hydrogens is 290 g/mol. The van der Waals surface area contributed by atoms with Crippen LogP contribution in [0.2, 0.25) is 0 Å². The molecule has 1 fully saturated rings. The summed E-state index contributed by atoms with van der Waals surface area (Å²) in [5.41, 5.74) is 0.251. The Balaban J connectivity index is 0.00000200. The Labute approximate surface area is 122 Å². The summed E-state index contributed by atoms with van der Waals surface area (Å²) in [6, 6.07) is 5.20. The summed E-state index contributed by atoms with van der Waals surface area (Å²) in [6.45, 7) is 2.96. The van der Waals surface area contributed by atoms with Gasteiger partial charge in [0.1, 0.15) is 6.04 Å². The van der Waals surface area contributed by atoms with Gasteiger partial charge in [-0.05, 0) is 19.1 Å². The Morgan fingerprint density at radius 1 is 1.50 bits per heavy atom. The second-order valence-corrected chi connectivity index (χ2v) is 4.42. The Hall–Kier alpha value is -1.24. The molecule has 0 aromatic heterocycles. The summed E-state index contributed by atoms with van der Waals surface area (Å²) in [6.07, 6.45) is -2.79. The second kappa shape index (κ2) is 7.52. The molecule has 7 heteroatoms. The minimum atomic E-state index is -2.55. The molecule has 0 saturated carbocycles. The normalized spacial score (nSPS) is 22.2. The van der Waals surface area contributed by atoms with Crippen molar-refractivity contribution in [3.8, 4) is 0 Å². The van der Waals surface area contributed by atoms with Crippen LogP contribution in [0.5, 0.6) is 0 Å². The molecule has 0 unspecified atom stereocenters. The van der Waals surface area contributed by atoms with E-state index in [9.17, 15) is 13.6 Å². The lowest BCUT2D eigenvalue weighted by atomic mass is 10.1. The van der Waals surface area contributed by atoms with Crippen LogP contribution in [0.15, 0.2) is 24.3 Å². The van der Waals surface area contributed by atoms with E-state index in [1.165, 1.54) is 18.2 Å². The van der Waals surface area contributed by atoms with Gasteiger partial charge in [-0.15, -0.1) is 12.4 Å². The minimum Gasteiger partial charge on any atom is -0.375 e. The van der Waals surface area contributed by atoms with Crippen LogP contribution >= 0.6 is 12.4 Å². The first kappa shape index (κ1) is 16.8. The van der Waals surface area contributed by atoms with Crippen molar-refractivity contribution < 1.29 is 18.3 Å². The standard InChI is InChI=1S/C13H16F2N2O2.ClH/c1-8-11(16-5-6-19-8)13(18)17-10-4-2-3-9(7-10)12(14)15;/h2-4,7-8,11-12,16H,5-6H2,1H3,(H,17,18);1H/t8-,11+;/m1./s1. The molecule has 1 heterocycles.